The molecule has 1 aromatic rings. The Bertz CT molecular complexity index is 347. The van der Waals surface area contributed by atoms with Gasteiger partial charge in [-0.1, -0.05) is 12.1 Å². The summed E-state index contributed by atoms with van der Waals surface area (Å²) in [7, 11) is 1.61. The maximum Gasteiger partial charge on any atom is 0.213 e. The molecule has 0 heterocycles. The quantitative estimate of drug-likeness (QED) is 0.418. The summed E-state index contributed by atoms with van der Waals surface area (Å²) < 4.78 is 0. The summed E-state index contributed by atoms with van der Waals surface area (Å²) >= 11 is 0. The molecule has 0 saturated carbocycles. The Labute approximate surface area is 83.0 Å². The van der Waals surface area contributed by atoms with Gasteiger partial charge in [0.15, 0.2) is 0 Å². The van der Waals surface area contributed by atoms with E-state index in [1.54, 1.807) is 7.05 Å². The second-order valence-corrected chi connectivity index (χ2v) is 2.83. The van der Waals surface area contributed by atoms with Crippen molar-refractivity contribution in [1.29, 1.82) is 0 Å². The van der Waals surface area contributed by atoms with Crippen LogP contribution in [-0.2, 0) is 4.79 Å². The van der Waals surface area contributed by atoms with Gasteiger partial charge in [-0.05, 0) is 24.6 Å². The van der Waals surface area contributed by atoms with Gasteiger partial charge in [0.1, 0.15) is 0 Å². The van der Waals surface area contributed by atoms with E-state index in [1.165, 1.54) is 0 Å². The molecule has 0 aromatic heterocycles. The first-order valence-electron chi connectivity index (χ1n) is 4.27. The Kier molecular flexibility index (Phi) is 3.67. The van der Waals surface area contributed by atoms with E-state index in [1.807, 2.05) is 31.2 Å². The summed E-state index contributed by atoms with van der Waals surface area (Å²) in [6.45, 7) is 2.00. The minimum atomic E-state index is 0.436. The Balaban J connectivity index is 2.72. The van der Waals surface area contributed by atoms with Crippen LogP contribution in [0.4, 0.5) is 5.69 Å². The van der Waals surface area contributed by atoms with Crippen molar-refractivity contribution < 1.29 is 4.79 Å². The fourth-order valence-electron chi connectivity index (χ4n) is 1.07. The number of amides is 1. The lowest BCUT2D eigenvalue weighted by atomic mass is 10.2. The maximum atomic E-state index is 10.2. The normalized spacial score (nSPS) is 10.9. The van der Waals surface area contributed by atoms with E-state index >= 15 is 0 Å². The minimum Gasteiger partial charge on any atom is -0.326 e. The van der Waals surface area contributed by atoms with Crippen LogP contribution in [0.2, 0.25) is 0 Å². The Morgan fingerprint density at radius 3 is 2.86 bits per heavy atom. The van der Waals surface area contributed by atoms with Gasteiger partial charge in [-0.25, -0.2) is 0 Å². The molecule has 74 valence electrons. The highest BCUT2D eigenvalue weighted by atomic mass is 16.1. The van der Waals surface area contributed by atoms with E-state index in [4.69, 9.17) is 0 Å². The highest BCUT2D eigenvalue weighted by molar-refractivity contribution is 5.99. The second-order valence-electron chi connectivity index (χ2n) is 2.83. The molecule has 0 aliphatic carbocycles. The highest BCUT2D eigenvalue weighted by Gasteiger charge is 1.96. The summed E-state index contributed by atoms with van der Waals surface area (Å²) in [4.78, 5) is 14.1. The Morgan fingerprint density at radius 1 is 1.50 bits per heavy atom. The average molecular weight is 191 g/mol. The Morgan fingerprint density at radius 2 is 2.29 bits per heavy atom. The summed E-state index contributed by atoms with van der Waals surface area (Å²) in [5, 5.41) is 5.44. The molecule has 1 aromatic carbocycles. The SMILES string of the molecule is CN=C(NC=O)Nc1cccc(C)c1. The predicted molar refractivity (Wildman–Crippen MR) is 57.4 cm³/mol. The third-order valence-electron chi connectivity index (χ3n) is 1.70. The van der Waals surface area contributed by atoms with Crippen molar-refractivity contribution >= 4 is 18.1 Å². The van der Waals surface area contributed by atoms with Crippen LogP contribution >= 0.6 is 0 Å². The van der Waals surface area contributed by atoms with Crippen molar-refractivity contribution in [1.82, 2.24) is 5.32 Å². The van der Waals surface area contributed by atoms with Gasteiger partial charge in [0.25, 0.3) is 0 Å². The van der Waals surface area contributed by atoms with Gasteiger partial charge in [0.2, 0.25) is 12.4 Å². The number of carbonyl (C=O) groups is 1. The molecule has 1 amide bonds. The highest BCUT2D eigenvalue weighted by Crippen LogP contribution is 2.08. The lowest BCUT2D eigenvalue weighted by Gasteiger charge is -2.07. The number of benzene rings is 1. The number of rotatable bonds is 2. The van der Waals surface area contributed by atoms with Gasteiger partial charge in [-0.15, -0.1) is 0 Å². The topological polar surface area (TPSA) is 53.5 Å². The molecule has 0 aliphatic rings. The first-order chi connectivity index (χ1) is 6.76. The van der Waals surface area contributed by atoms with Gasteiger partial charge in [-0.2, -0.15) is 0 Å². The number of nitrogens with one attached hydrogen (secondary N) is 2. The summed E-state index contributed by atoms with van der Waals surface area (Å²) in [5.41, 5.74) is 2.05. The zero-order valence-electron chi connectivity index (χ0n) is 8.24. The molecule has 0 saturated heterocycles. The number of hydrogen-bond acceptors (Lipinski definition) is 2. The fraction of sp³-hybridized carbons (Fsp3) is 0.200. The van der Waals surface area contributed by atoms with Gasteiger partial charge in [0.05, 0.1) is 0 Å². The van der Waals surface area contributed by atoms with Crippen molar-refractivity contribution in [3.05, 3.63) is 29.8 Å². The van der Waals surface area contributed by atoms with E-state index in [2.05, 4.69) is 15.6 Å². The predicted octanol–water partition coefficient (Wildman–Crippen LogP) is 1.14. The van der Waals surface area contributed by atoms with E-state index < -0.39 is 0 Å². The number of anilines is 1. The number of nitrogens with zero attached hydrogens (tertiary/aromatic N) is 1. The van der Waals surface area contributed by atoms with Gasteiger partial charge in [0, 0.05) is 12.7 Å². The number of carbonyl (C=O) groups excluding carboxylic acids is 1. The number of aliphatic imine (C=N–C) groups is 1. The van der Waals surface area contributed by atoms with Crippen molar-refractivity contribution in [2.75, 3.05) is 12.4 Å². The minimum absolute atomic E-state index is 0.436. The lowest BCUT2D eigenvalue weighted by Crippen LogP contribution is -2.29. The van der Waals surface area contributed by atoms with Crippen molar-refractivity contribution in [2.24, 2.45) is 4.99 Å². The third kappa shape index (κ3) is 2.90. The standard InChI is InChI=1S/C10H13N3O/c1-8-4-3-5-9(6-8)13-10(11-2)12-7-14/h3-7H,1-2H3,(H2,11,12,13,14). The van der Waals surface area contributed by atoms with Crippen LogP contribution in [0.15, 0.2) is 29.3 Å². The third-order valence-corrected chi connectivity index (χ3v) is 1.70. The molecule has 4 nitrogen and oxygen atoms in total. The van der Waals surface area contributed by atoms with E-state index in [-0.39, 0.29) is 0 Å². The van der Waals surface area contributed by atoms with Gasteiger partial charge < -0.3 is 5.32 Å². The van der Waals surface area contributed by atoms with Crippen LogP contribution < -0.4 is 10.6 Å². The zero-order valence-corrected chi connectivity index (χ0v) is 8.24. The molecule has 0 fully saturated rings. The van der Waals surface area contributed by atoms with Crippen molar-refractivity contribution in [3.63, 3.8) is 0 Å². The van der Waals surface area contributed by atoms with E-state index in [9.17, 15) is 4.79 Å². The maximum absolute atomic E-state index is 10.2. The smallest absolute Gasteiger partial charge is 0.213 e. The molecule has 0 spiro atoms. The van der Waals surface area contributed by atoms with E-state index in [0.717, 1.165) is 11.3 Å². The Hall–Kier alpha value is -1.84. The lowest BCUT2D eigenvalue weighted by molar-refractivity contribution is -0.108. The molecule has 2 N–H and O–H groups in total. The van der Waals surface area contributed by atoms with Crippen LogP contribution in [0.1, 0.15) is 5.56 Å². The molecule has 0 aliphatic heterocycles. The van der Waals surface area contributed by atoms with Crippen LogP contribution in [0.3, 0.4) is 0 Å². The van der Waals surface area contributed by atoms with Crippen molar-refractivity contribution in [2.45, 2.75) is 6.92 Å². The number of aryl methyl sites for hydroxylation is 1. The summed E-state index contributed by atoms with van der Waals surface area (Å²) in [5.74, 6) is 0.436. The fourth-order valence-corrected chi connectivity index (χ4v) is 1.07. The van der Waals surface area contributed by atoms with E-state index in [0.29, 0.717) is 12.4 Å². The molecule has 1 rings (SSSR count). The summed E-state index contributed by atoms with van der Waals surface area (Å²) in [6, 6.07) is 7.81. The van der Waals surface area contributed by atoms with Crippen LogP contribution in [0, 0.1) is 6.92 Å². The van der Waals surface area contributed by atoms with Gasteiger partial charge >= 0.3 is 0 Å². The first kappa shape index (κ1) is 10.2. The second kappa shape index (κ2) is 5.01. The number of guanidine groups is 1. The molecular weight excluding hydrogens is 178 g/mol. The van der Waals surface area contributed by atoms with Crippen molar-refractivity contribution in [3.8, 4) is 0 Å². The van der Waals surface area contributed by atoms with Crippen LogP contribution in [-0.4, -0.2) is 19.4 Å². The molecule has 0 bridgehead atoms. The molecule has 4 heteroatoms. The molecule has 14 heavy (non-hydrogen) atoms. The molecule has 0 radical (unpaired) electrons. The molecule has 0 unspecified atom stereocenters. The monoisotopic (exact) mass is 191 g/mol. The summed E-state index contributed by atoms with van der Waals surface area (Å²) in [6.07, 6.45) is 0.588. The average Bonchev–Trinajstić information content (AvgIpc) is 2.17. The largest absolute Gasteiger partial charge is 0.326 e. The van der Waals surface area contributed by atoms with Crippen LogP contribution in [0.5, 0.6) is 0 Å². The molecular formula is C10H13N3O. The molecule has 0 atom stereocenters. The number of hydrogen-bond donors (Lipinski definition) is 2. The zero-order chi connectivity index (χ0) is 10.4. The van der Waals surface area contributed by atoms with Crippen LogP contribution in [0.25, 0.3) is 0 Å². The van der Waals surface area contributed by atoms with Gasteiger partial charge in [-0.3, -0.25) is 15.1 Å². The first-order valence-corrected chi connectivity index (χ1v) is 4.27.